The molecule has 14 heteroatoms. The zero-order valence-corrected chi connectivity index (χ0v) is 18.9. The summed E-state index contributed by atoms with van der Waals surface area (Å²) in [4.78, 5) is 38.6. The number of carboxylic acids is 1. The number of H-pyrrole nitrogens is 1. The van der Waals surface area contributed by atoms with Crippen LogP contribution in [0.5, 0.6) is 0 Å². The average Bonchev–Trinajstić information content (AvgIpc) is 3.09. The molecule has 9 nitrogen and oxygen atoms in total. The molecule has 3 aromatic rings. The molecule has 1 aliphatic rings. The number of benzene rings is 1. The van der Waals surface area contributed by atoms with Crippen LogP contribution in [0.4, 0.5) is 13.2 Å². The number of aromatic amines is 1. The highest BCUT2D eigenvalue weighted by molar-refractivity contribution is 6.42. The molecule has 3 heterocycles. The van der Waals surface area contributed by atoms with Crippen LogP contribution >= 0.6 is 23.2 Å². The minimum absolute atomic E-state index is 0.192. The molecule has 0 aliphatic carbocycles. The molecule has 184 valence electrons. The van der Waals surface area contributed by atoms with Crippen LogP contribution < -0.4 is 10.9 Å². The molecule has 3 N–H and O–H groups in total. The first-order chi connectivity index (χ1) is 16.0. The third-order valence-corrected chi connectivity index (χ3v) is 5.70. The Morgan fingerprint density at radius 1 is 1.15 bits per heavy atom. The van der Waals surface area contributed by atoms with Crippen molar-refractivity contribution in [1.82, 2.24) is 19.6 Å². The van der Waals surface area contributed by atoms with Gasteiger partial charge in [0.15, 0.2) is 0 Å². The lowest BCUT2D eigenvalue weighted by atomic mass is 10.1. The topological polar surface area (TPSA) is 116 Å². The minimum atomic E-state index is -5.08. The number of carbonyl (C=O) groups excluding carboxylic acids is 1. The van der Waals surface area contributed by atoms with Crippen molar-refractivity contribution in [2.45, 2.75) is 6.18 Å². The lowest BCUT2D eigenvalue weighted by Gasteiger charge is -2.26. The minimum Gasteiger partial charge on any atom is -0.475 e. The van der Waals surface area contributed by atoms with Gasteiger partial charge in [-0.05, 0) is 24.3 Å². The van der Waals surface area contributed by atoms with Crippen molar-refractivity contribution in [2.24, 2.45) is 0 Å². The number of ether oxygens (including phenoxy) is 1. The Labute approximate surface area is 200 Å². The smallest absolute Gasteiger partial charge is 0.475 e. The maximum Gasteiger partial charge on any atom is 0.490 e. The van der Waals surface area contributed by atoms with Gasteiger partial charge < -0.3 is 20.1 Å². The van der Waals surface area contributed by atoms with E-state index in [9.17, 15) is 22.8 Å². The summed E-state index contributed by atoms with van der Waals surface area (Å²) in [6.45, 7) is 4.54. The molecule has 1 saturated heterocycles. The normalized spacial score (nSPS) is 14.6. The molecule has 1 amide bonds. The van der Waals surface area contributed by atoms with Gasteiger partial charge in [-0.25, -0.2) is 4.79 Å². The van der Waals surface area contributed by atoms with Gasteiger partial charge in [-0.15, -0.1) is 0 Å². The van der Waals surface area contributed by atoms with Gasteiger partial charge in [0.2, 0.25) is 0 Å². The fraction of sp³-hybridized carbons (Fsp3) is 0.350. The summed E-state index contributed by atoms with van der Waals surface area (Å²) in [7, 11) is 0. The number of amides is 1. The van der Waals surface area contributed by atoms with E-state index < -0.39 is 12.1 Å². The largest absolute Gasteiger partial charge is 0.490 e. The third-order valence-electron chi connectivity index (χ3n) is 4.94. The van der Waals surface area contributed by atoms with Crippen LogP contribution in [-0.4, -0.2) is 76.8 Å². The second-order valence-corrected chi connectivity index (χ2v) is 7.97. The number of hydrogen-bond donors (Lipinski definition) is 3. The van der Waals surface area contributed by atoms with E-state index >= 15 is 0 Å². The average molecular weight is 523 g/mol. The lowest BCUT2D eigenvalue weighted by molar-refractivity contribution is -0.192. The first-order valence-electron chi connectivity index (χ1n) is 9.90. The Morgan fingerprint density at radius 2 is 1.79 bits per heavy atom. The molecule has 2 aromatic heterocycles. The van der Waals surface area contributed by atoms with Gasteiger partial charge in [0, 0.05) is 31.7 Å². The molecule has 0 spiro atoms. The number of halogens is 5. The predicted molar refractivity (Wildman–Crippen MR) is 119 cm³/mol. The summed E-state index contributed by atoms with van der Waals surface area (Å²) in [5, 5.41) is 10.6. The van der Waals surface area contributed by atoms with E-state index in [0.717, 1.165) is 32.8 Å². The van der Waals surface area contributed by atoms with E-state index in [0.29, 0.717) is 33.7 Å². The lowest BCUT2D eigenvalue weighted by Crippen LogP contribution is -2.41. The number of carboxylic acid groups (broad SMARTS) is 1. The highest BCUT2D eigenvalue weighted by Gasteiger charge is 2.38. The summed E-state index contributed by atoms with van der Waals surface area (Å²) in [5.74, 6) is -2.95. The molecular formula is C20H19Cl2F3N4O5. The summed E-state index contributed by atoms with van der Waals surface area (Å²) in [5.41, 5.74) is 1.70. The van der Waals surface area contributed by atoms with Crippen LogP contribution in [0.2, 0.25) is 10.2 Å². The van der Waals surface area contributed by atoms with Gasteiger partial charge in [-0.1, -0.05) is 23.2 Å². The number of nitrogens with zero attached hydrogens (tertiary/aromatic N) is 2. The van der Waals surface area contributed by atoms with Gasteiger partial charge in [-0.3, -0.25) is 18.9 Å². The molecule has 0 saturated carbocycles. The SMILES string of the molecule is O=C(NCCN1CCOCC1)c1ccc2c(c1)[nH]c(=O)c1cc(Cl)c(Cl)n12.O=C(O)C(F)(F)F. The van der Waals surface area contributed by atoms with Crippen LogP contribution in [-0.2, 0) is 9.53 Å². The van der Waals surface area contributed by atoms with Gasteiger partial charge in [-0.2, -0.15) is 13.2 Å². The van der Waals surface area contributed by atoms with Crippen molar-refractivity contribution >= 4 is 51.6 Å². The van der Waals surface area contributed by atoms with Crippen LogP contribution in [0.3, 0.4) is 0 Å². The van der Waals surface area contributed by atoms with E-state index in [2.05, 4.69) is 15.2 Å². The van der Waals surface area contributed by atoms with E-state index in [-0.39, 0.29) is 16.6 Å². The Hall–Kier alpha value is -2.80. The number of fused-ring (bicyclic) bond motifs is 3. The van der Waals surface area contributed by atoms with Gasteiger partial charge in [0.25, 0.3) is 11.5 Å². The van der Waals surface area contributed by atoms with Crippen LogP contribution in [0, 0.1) is 0 Å². The molecule has 1 aromatic carbocycles. The molecule has 34 heavy (non-hydrogen) atoms. The maximum absolute atomic E-state index is 12.4. The Morgan fingerprint density at radius 3 is 2.41 bits per heavy atom. The van der Waals surface area contributed by atoms with Gasteiger partial charge in [0.1, 0.15) is 10.7 Å². The first-order valence-corrected chi connectivity index (χ1v) is 10.7. The highest BCUT2D eigenvalue weighted by atomic mass is 35.5. The molecule has 0 bridgehead atoms. The summed E-state index contributed by atoms with van der Waals surface area (Å²) in [6.07, 6.45) is -5.08. The number of alkyl halides is 3. The van der Waals surface area contributed by atoms with Gasteiger partial charge >= 0.3 is 12.1 Å². The number of aromatic nitrogens is 2. The Balaban J connectivity index is 0.000000406. The van der Waals surface area contributed by atoms with Crippen molar-refractivity contribution in [3.63, 3.8) is 0 Å². The number of morpholine rings is 1. The van der Waals surface area contributed by atoms with E-state index in [1.807, 2.05) is 0 Å². The van der Waals surface area contributed by atoms with E-state index in [4.69, 9.17) is 37.8 Å². The van der Waals surface area contributed by atoms with Crippen LogP contribution in [0.25, 0.3) is 16.6 Å². The maximum atomic E-state index is 12.4. The van der Waals surface area contributed by atoms with Crippen LogP contribution in [0.1, 0.15) is 10.4 Å². The zero-order valence-electron chi connectivity index (χ0n) is 17.4. The van der Waals surface area contributed by atoms with Crippen molar-refractivity contribution in [3.8, 4) is 0 Å². The van der Waals surface area contributed by atoms with E-state index in [1.54, 1.807) is 22.6 Å². The Kier molecular flexibility index (Phi) is 8.08. The fourth-order valence-electron chi connectivity index (χ4n) is 3.27. The second-order valence-electron chi connectivity index (χ2n) is 7.20. The number of nitrogens with one attached hydrogen (secondary N) is 2. The zero-order chi connectivity index (χ0) is 25.0. The van der Waals surface area contributed by atoms with Crippen molar-refractivity contribution < 1.29 is 32.6 Å². The number of carbonyl (C=O) groups is 2. The van der Waals surface area contributed by atoms with Crippen LogP contribution in [0.15, 0.2) is 29.1 Å². The quantitative estimate of drug-likeness (QED) is 0.485. The summed E-state index contributed by atoms with van der Waals surface area (Å²) < 4.78 is 38.6. The molecule has 1 fully saturated rings. The Bertz CT molecular complexity index is 1270. The van der Waals surface area contributed by atoms with Crippen molar-refractivity contribution in [1.29, 1.82) is 0 Å². The summed E-state index contributed by atoms with van der Waals surface area (Å²) in [6, 6.07) is 6.62. The second kappa shape index (κ2) is 10.6. The third kappa shape index (κ3) is 6.00. The number of rotatable bonds is 4. The fourth-order valence-corrected chi connectivity index (χ4v) is 3.70. The molecule has 0 unspecified atom stereocenters. The van der Waals surface area contributed by atoms with Gasteiger partial charge in [0.05, 0.1) is 29.3 Å². The highest BCUT2D eigenvalue weighted by Crippen LogP contribution is 2.28. The predicted octanol–water partition coefficient (Wildman–Crippen LogP) is 2.78. The van der Waals surface area contributed by atoms with E-state index in [1.165, 1.54) is 6.07 Å². The standard InChI is InChI=1S/C18H18Cl2N4O3.C2HF3O2/c19-12-10-15-18(26)22-13-9-11(1-2-14(13)24(15)16(12)20)17(25)21-3-4-23-5-7-27-8-6-23;3-2(4,5)1(6)7/h1-2,9-10H,3-8H2,(H,21,25)(H,22,26);(H,6,7). The molecular weight excluding hydrogens is 504 g/mol. The number of hydrogen-bond acceptors (Lipinski definition) is 5. The number of aliphatic carboxylic acids is 1. The first kappa shape index (κ1) is 25.8. The van der Waals surface area contributed by atoms with Crippen molar-refractivity contribution in [2.75, 3.05) is 39.4 Å². The molecule has 4 rings (SSSR count). The molecule has 0 radical (unpaired) electrons. The molecule has 1 aliphatic heterocycles. The summed E-state index contributed by atoms with van der Waals surface area (Å²) >= 11 is 12.3. The molecule has 0 atom stereocenters. The van der Waals surface area contributed by atoms with Crippen molar-refractivity contribution in [3.05, 3.63) is 50.4 Å². The monoisotopic (exact) mass is 522 g/mol.